The first-order chi connectivity index (χ1) is 8.24. The molecule has 0 bridgehead atoms. The van der Waals surface area contributed by atoms with Crippen LogP contribution in [0.25, 0.3) is 10.6 Å². The summed E-state index contributed by atoms with van der Waals surface area (Å²) >= 11 is 4.95. The third-order valence-electron chi connectivity index (χ3n) is 2.20. The van der Waals surface area contributed by atoms with E-state index in [0.29, 0.717) is 6.42 Å². The Balaban J connectivity index is 2.44. The van der Waals surface area contributed by atoms with Gasteiger partial charge >= 0.3 is 0 Å². The van der Waals surface area contributed by atoms with Crippen LogP contribution in [0.3, 0.4) is 0 Å². The van der Waals surface area contributed by atoms with E-state index >= 15 is 0 Å². The number of halogens is 1. The van der Waals surface area contributed by atoms with Crippen LogP contribution in [0.15, 0.2) is 28.1 Å². The number of hydrogen-bond acceptors (Lipinski definition) is 4. The molecule has 0 aliphatic rings. The second-order valence-corrected chi connectivity index (χ2v) is 5.10. The highest BCUT2D eigenvalue weighted by atomic mass is 79.9. The molecule has 1 heterocycles. The van der Waals surface area contributed by atoms with Crippen LogP contribution >= 0.6 is 27.3 Å². The van der Waals surface area contributed by atoms with E-state index in [2.05, 4.69) is 27.0 Å². The molecular weight excluding hydrogens is 300 g/mol. The topological polar surface area (TPSA) is 45.9 Å². The number of hydrogen-bond donors (Lipinski definition) is 0. The summed E-state index contributed by atoms with van der Waals surface area (Å²) in [5.41, 5.74) is 1.74. The monoisotopic (exact) mass is 308 g/mol. The first-order valence-corrected chi connectivity index (χ1v) is 6.57. The van der Waals surface area contributed by atoms with Crippen molar-refractivity contribution < 1.29 is 4.74 Å². The zero-order valence-corrected chi connectivity index (χ0v) is 11.5. The number of aromatic nitrogens is 1. The summed E-state index contributed by atoms with van der Waals surface area (Å²) in [5, 5.41) is 11.4. The molecule has 2 rings (SSSR count). The molecule has 86 valence electrons. The van der Waals surface area contributed by atoms with Crippen molar-refractivity contribution in [2.45, 2.75) is 6.42 Å². The largest absolute Gasteiger partial charge is 0.496 e. The van der Waals surface area contributed by atoms with Gasteiger partial charge in [-0.25, -0.2) is 4.98 Å². The van der Waals surface area contributed by atoms with Gasteiger partial charge < -0.3 is 4.74 Å². The first-order valence-electron chi connectivity index (χ1n) is 4.90. The van der Waals surface area contributed by atoms with Crippen molar-refractivity contribution >= 4 is 27.3 Å². The Labute approximate surface area is 112 Å². The lowest BCUT2D eigenvalue weighted by Gasteiger charge is -2.05. The van der Waals surface area contributed by atoms with Crippen LogP contribution in [0.2, 0.25) is 0 Å². The predicted octanol–water partition coefficient (Wildman–Crippen LogP) is 3.65. The van der Waals surface area contributed by atoms with Gasteiger partial charge in [0.05, 0.1) is 30.9 Å². The average Bonchev–Trinajstić information content (AvgIpc) is 2.78. The molecule has 0 saturated heterocycles. The van der Waals surface area contributed by atoms with Crippen LogP contribution in [0.1, 0.15) is 5.69 Å². The molecule has 0 fully saturated rings. The molecule has 0 aliphatic heterocycles. The number of thiazole rings is 1. The average molecular weight is 309 g/mol. The van der Waals surface area contributed by atoms with Crippen LogP contribution in [-0.4, -0.2) is 12.1 Å². The number of rotatable bonds is 3. The van der Waals surface area contributed by atoms with E-state index < -0.39 is 0 Å². The van der Waals surface area contributed by atoms with Gasteiger partial charge in [0.25, 0.3) is 0 Å². The molecule has 0 N–H and O–H groups in total. The van der Waals surface area contributed by atoms with Crippen LogP contribution in [0.4, 0.5) is 0 Å². The van der Waals surface area contributed by atoms with Crippen LogP contribution in [0, 0.1) is 11.3 Å². The maximum Gasteiger partial charge on any atom is 0.129 e. The van der Waals surface area contributed by atoms with Gasteiger partial charge in [-0.1, -0.05) is 15.9 Å². The van der Waals surface area contributed by atoms with Crippen LogP contribution in [-0.2, 0) is 6.42 Å². The molecule has 0 unspecified atom stereocenters. The fraction of sp³-hybridized carbons (Fsp3) is 0.167. The lowest BCUT2D eigenvalue weighted by Crippen LogP contribution is -1.88. The van der Waals surface area contributed by atoms with Crippen molar-refractivity contribution in [2.75, 3.05) is 7.11 Å². The summed E-state index contributed by atoms with van der Waals surface area (Å²) in [5.74, 6) is 0.783. The SMILES string of the molecule is COc1ccc(Br)cc1-c1nc(CC#N)cs1. The lowest BCUT2D eigenvalue weighted by molar-refractivity contribution is 0.416. The van der Waals surface area contributed by atoms with E-state index in [1.54, 1.807) is 7.11 Å². The van der Waals surface area contributed by atoms with E-state index in [1.165, 1.54) is 11.3 Å². The smallest absolute Gasteiger partial charge is 0.129 e. The second-order valence-electron chi connectivity index (χ2n) is 3.32. The van der Waals surface area contributed by atoms with Crippen molar-refractivity contribution in [3.63, 3.8) is 0 Å². The minimum atomic E-state index is 0.340. The molecule has 1 aromatic carbocycles. The molecule has 0 aliphatic carbocycles. The number of methoxy groups -OCH3 is 1. The Hall–Kier alpha value is -1.38. The highest BCUT2D eigenvalue weighted by molar-refractivity contribution is 9.10. The Bertz CT molecular complexity index is 574. The maximum absolute atomic E-state index is 8.63. The third-order valence-corrected chi connectivity index (χ3v) is 3.62. The molecule has 3 nitrogen and oxygen atoms in total. The summed E-state index contributed by atoms with van der Waals surface area (Å²) < 4.78 is 6.28. The third kappa shape index (κ3) is 2.65. The van der Waals surface area contributed by atoms with E-state index in [4.69, 9.17) is 10.00 Å². The quantitative estimate of drug-likeness (QED) is 0.869. The van der Waals surface area contributed by atoms with Gasteiger partial charge in [0.2, 0.25) is 0 Å². The highest BCUT2D eigenvalue weighted by Gasteiger charge is 2.10. The predicted molar refractivity (Wildman–Crippen MR) is 71.1 cm³/mol. The van der Waals surface area contributed by atoms with E-state index in [9.17, 15) is 0 Å². The Morgan fingerprint density at radius 2 is 2.35 bits per heavy atom. The standard InChI is InChI=1S/C12H9BrN2OS/c1-16-11-3-2-8(13)6-10(11)12-15-9(4-5-14)7-17-12/h2-3,6-7H,4H2,1H3. The molecule has 2 aromatic rings. The van der Waals surface area contributed by atoms with Crippen LogP contribution < -0.4 is 4.74 Å². The van der Waals surface area contributed by atoms with Crippen molar-refractivity contribution in [1.82, 2.24) is 4.98 Å². The van der Waals surface area contributed by atoms with E-state index in [0.717, 1.165) is 26.5 Å². The molecule has 1 aromatic heterocycles. The Kier molecular flexibility index (Phi) is 3.77. The summed E-state index contributed by atoms with van der Waals surface area (Å²) in [6.07, 6.45) is 0.340. The number of nitriles is 1. The molecular formula is C12H9BrN2OS. The highest BCUT2D eigenvalue weighted by Crippen LogP contribution is 2.34. The lowest BCUT2D eigenvalue weighted by atomic mass is 10.2. The zero-order chi connectivity index (χ0) is 12.3. The molecule has 5 heteroatoms. The van der Waals surface area contributed by atoms with Gasteiger partial charge in [0.1, 0.15) is 10.8 Å². The Morgan fingerprint density at radius 3 is 3.06 bits per heavy atom. The van der Waals surface area contributed by atoms with Crippen molar-refractivity contribution in [2.24, 2.45) is 0 Å². The van der Waals surface area contributed by atoms with Gasteiger partial charge in [-0.05, 0) is 18.2 Å². The number of benzene rings is 1. The van der Waals surface area contributed by atoms with Crippen molar-refractivity contribution in [3.8, 4) is 22.4 Å². The molecule has 0 amide bonds. The van der Waals surface area contributed by atoms with Crippen molar-refractivity contribution in [3.05, 3.63) is 33.7 Å². The van der Waals surface area contributed by atoms with E-state index in [1.807, 2.05) is 23.6 Å². The maximum atomic E-state index is 8.63. The molecule has 0 atom stereocenters. The zero-order valence-electron chi connectivity index (χ0n) is 9.11. The first kappa shape index (κ1) is 12.1. The molecule has 0 spiro atoms. The number of nitrogens with zero attached hydrogens (tertiary/aromatic N) is 2. The summed E-state index contributed by atoms with van der Waals surface area (Å²) in [6.45, 7) is 0. The fourth-order valence-electron chi connectivity index (χ4n) is 1.44. The van der Waals surface area contributed by atoms with Gasteiger partial charge in [-0.3, -0.25) is 0 Å². The molecule has 0 saturated carbocycles. The van der Waals surface area contributed by atoms with Crippen LogP contribution in [0.5, 0.6) is 5.75 Å². The molecule has 17 heavy (non-hydrogen) atoms. The Morgan fingerprint density at radius 1 is 1.53 bits per heavy atom. The minimum Gasteiger partial charge on any atom is -0.496 e. The van der Waals surface area contributed by atoms with Gasteiger partial charge in [0, 0.05) is 9.85 Å². The summed E-state index contributed by atoms with van der Waals surface area (Å²) in [6, 6.07) is 7.87. The van der Waals surface area contributed by atoms with Crippen molar-refractivity contribution in [1.29, 1.82) is 5.26 Å². The van der Waals surface area contributed by atoms with Gasteiger partial charge in [-0.2, -0.15) is 5.26 Å². The second kappa shape index (κ2) is 5.30. The van der Waals surface area contributed by atoms with Gasteiger partial charge in [0.15, 0.2) is 0 Å². The van der Waals surface area contributed by atoms with Gasteiger partial charge in [-0.15, -0.1) is 11.3 Å². The minimum absolute atomic E-state index is 0.340. The van der Waals surface area contributed by atoms with E-state index in [-0.39, 0.29) is 0 Å². The summed E-state index contributed by atoms with van der Waals surface area (Å²) in [4.78, 5) is 4.42. The normalized spacial score (nSPS) is 9.94. The fourth-order valence-corrected chi connectivity index (χ4v) is 2.64. The number of ether oxygens (including phenoxy) is 1. The summed E-state index contributed by atoms with van der Waals surface area (Å²) in [7, 11) is 1.64. The molecule has 0 radical (unpaired) electrons.